The number of nitrogens with one attached hydrogen (secondary N) is 1. The summed E-state index contributed by atoms with van der Waals surface area (Å²) < 4.78 is 12.0. The Balaban J connectivity index is 1.58. The van der Waals surface area contributed by atoms with Gasteiger partial charge >= 0.3 is 0 Å². The number of anilines is 1. The molecule has 1 fully saturated rings. The zero-order valence-corrected chi connectivity index (χ0v) is 19.1. The Hall–Kier alpha value is -2.07. The molecule has 1 N–H and O–H groups in total. The first-order chi connectivity index (χ1) is 15.0. The van der Waals surface area contributed by atoms with Crippen molar-refractivity contribution in [2.75, 3.05) is 24.7 Å². The van der Waals surface area contributed by atoms with E-state index in [2.05, 4.69) is 45.4 Å². The van der Waals surface area contributed by atoms with Crippen molar-refractivity contribution in [1.29, 1.82) is 0 Å². The number of halogens is 1. The number of hydrogen-bond acceptors (Lipinski definition) is 9. The maximum Gasteiger partial charge on any atom is 0.206 e. The van der Waals surface area contributed by atoms with Crippen LogP contribution >= 0.6 is 22.9 Å². The molecular formula is C21H23ClN6O2S. The maximum absolute atomic E-state index is 6.99. The van der Waals surface area contributed by atoms with Gasteiger partial charge in [-0.3, -0.25) is 10.3 Å². The van der Waals surface area contributed by atoms with Crippen molar-refractivity contribution in [2.45, 2.75) is 45.4 Å². The number of aromatic nitrogens is 3. The molecule has 6 heterocycles. The third-order valence-electron chi connectivity index (χ3n) is 6.51. The van der Waals surface area contributed by atoms with Crippen LogP contribution in [0.5, 0.6) is 0 Å². The Morgan fingerprint density at radius 2 is 2.23 bits per heavy atom. The summed E-state index contributed by atoms with van der Waals surface area (Å²) >= 11 is 8.56. The zero-order valence-electron chi connectivity index (χ0n) is 17.6. The van der Waals surface area contributed by atoms with Crippen molar-refractivity contribution in [1.82, 2.24) is 20.4 Å². The van der Waals surface area contributed by atoms with Crippen molar-refractivity contribution in [3.63, 3.8) is 0 Å². The highest BCUT2D eigenvalue weighted by molar-refractivity contribution is 7.15. The van der Waals surface area contributed by atoms with Crippen molar-refractivity contribution in [3.8, 4) is 10.6 Å². The quantitative estimate of drug-likeness (QED) is 0.597. The second kappa shape index (κ2) is 6.96. The summed E-state index contributed by atoms with van der Waals surface area (Å²) in [6.07, 6.45) is 4.76. The summed E-state index contributed by atoms with van der Waals surface area (Å²) in [5.41, 5.74) is 3.59. The molecule has 3 aromatic heterocycles. The molecule has 1 spiro atoms. The number of rotatable bonds is 1. The first-order valence-corrected chi connectivity index (χ1v) is 11.7. The molecule has 3 aliphatic rings. The molecule has 1 unspecified atom stereocenters. The standard InChI is InChI=1S/C21H23ClN6O2S/c1-10-6-28-18-13(4-21(7-23-9-24-8-21)20(28)11(2)29-10)26-17-16(14-5-25-12(3)31-14)27-30-19(17)15(18)22/h5,7,10-11,20,24H,4,6,8-9H2,1-3H3/t10-,11+,20-,21?/m1/s1. The number of nitrogens with zero attached hydrogens (tertiary/aromatic N) is 5. The van der Waals surface area contributed by atoms with Crippen LogP contribution in [0.3, 0.4) is 0 Å². The van der Waals surface area contributed by atoms with Crippen LogP contribution in [0, 0.1) is 12.3 Å². The molecule has 6 rings (SSSR count). The van der Waals surface area contributed by atoms with Crippen LogP contribution in [-0.4, -0.2) is 59.3 Å². The van der Waals surface area contributed by atoms with E-state index in [0.29, 0.717) is 28.5 Å². The fourth-order valence-corrected chi connectivity index (χ4v) is 6.57. The number of morpholine rings is 1. The van der Waals surface area contributed by atoms with Crippen LogP contribution < -0.4 is 10.2 Å². The Labute approximate surface area is 188 Å². The first-order valence-electron chi connectivity index (χ1n) is 10.5. The van der Waals surface area contributed by atoms with Crippen LogP contribution in [-0.2, 0) is 11.2 Å². The predicted octanol–water partition coefficient (Wildman–Crippen LogP) is 3.46. The number of pyridine rings is 1. The van der Waals surface area contributed by atoms with E-state index in [0.717, 1.165) is 40.8 Å². The molecule has 0 radical (unpaired) electrons. The molecule has 162 valence electrons. The third kappa shape index (κ3) is 2.87. The lowest BCUT2D eigenvalue weighted by Gasteiger charge is -2.55. The van der Waals surface area contributed by atoms with E-state index >= 15 is 0 Å². The molecule has 4 atom stereocenters. The summed E-state index contributed by atoms with van der Waals surface area (Å²) in [4.78, 5) is 17.3. The third-order valence-corrected chi connectivity index (χ3v) is 7.78. The molecule has 31 heavy (non-hydrogen) atoms. The molecule has 10 heteroatoms. The van der Waals surface area contributed by atoms with Crippen LogP contribution in [0.25, 0.3) is 21.7 Å². The van der Waals surface area contributed by atoms with Crippen molar-refractivity contribution in [3.05, 3.63) is 21.9 Å². The van der Waals surface area contributed by atoms with Gasteiger partial charge in [0.25, 0.3) is 0 Å². The second-order valence-electron chi connectivity index (χ2n) is 8.73. The van der Waals surface area contributed by atoms with Gasteiger partial charge in [0.05, 0.1) is 46.2 Å². The average molecular weight is 459 g/mol. The molecule has 0 aromatic carbocycles. The van der Waals surface area contributed by atoms with Gasteiger partial charge < -0.3 is 14.2 Å². The lowest BCUT2D eigenvalue weighted by molar-refractivity contribution is -0.0522. The van der Waals surface area contributed by atoms with E-state index in [9.17, 15) is 0 Å². The van der Waals surface area contributed by atoms with E-state index in [1.165, 1.54) is 0 Å². The molecule has 0 amide bonds. The fraction of sp³-hybridized carbons (Fsp3) is 0.524. The minimum absolute atomic E-state index is 0.0282. The van der Waals surface area contributed by atoms with Gasteiger partial charge in [-0.2, -0.15) is 0 Å². The molecule has 3 aliphatic heterocycles. The van der Waals surface area contributed by atoms with E-state index in [-0.39, 0.29) is 23.7 Å². The van der Waals surface area contributed by atoms with Crippen molar-refractivity contribution < 1.29 is 9.26 Å². The topological polar surface area (TPSA) is 88.7 Å². The average Bonchev–Trinajstić information content (AvgIpc) is 3.34. The molecule has 3 aromatic rings. The Kier molecular flexibility index (Phi) is 4.40. The fourth-order valence-electron chi connectivity index (χ4n) is 5.47. The number of ether oxygens (including phenoxy) is 1. The largest absolute Gasteiger partial charge is 0.372 e. The Bertz CT molecular complexity index is 1210. The van der Waals surface area contributed by atoms with Gasteiger partial charge in [0.1, 0.15) is 10.5 Å². The van der Waals surface area contributed by atoms with E-state index in [4.69, 9.17) is 25.8 Å². The SMILES string of the molecule is Cc1ncc(-c2noc3c(Cl)c4c(nc23)CC2(C=NCNC2)[C@H]2[C@H](C)O[C@H](C)CN42)s1. The zero-order chi connectivity index (χ0) is 21.3. The summed E-state index contributed by atoms with van der Waals surface area (Å²) in [5, 5.41) is 9.31. The monoisotopic (exact) mass is 458 g/mol. The smallest absolute Gasteiger partial charge is 0.206 e. The maximum atomic E-state index is 6.99. The second-order valence-corrected chi connectivity index (χ2v) is 10.3. The van der Waals surface area contributed by atoms with E-state index < -0.39 is 0 Å². The molecule has 0 aliphatic carbocycles. The summed E-state index contributed by atoms with van der Waals surface area (Å²) in [6.45, 7) is 8.40. The summed E-state index contributed by atoms with van der Waals surface area (Å²) in [6, 6.07) is 0.107. The van der Waals surface area contributed by atoms with Crippen LogP contribution in [0.4, 0.5) is 5.69 Å². The minimum Gasteiger partial charge on any atom is -0.372 e. The van der Waals surface area contributed by atoms with E-state index in [1.807, 2.05) is 13.1 Å². The summed E-state index contributed by atoms with van der Waals surface area (Å²) in [5.74, 6) is 0. The van der Waals surface area contributed by atoms with Crippen LogP contribution in [0.15, 0.2) is 15.7 Å². The lowest BCUT2D eigenvalue weighted by Crippen LogP contribution is -2.67. The highest BCUT2D eigenvalue weighted by Gasteiger charge is 2.53. The number of hydrogen-bond donors (Lipinski definition) is 1. The molecule has 0 saturated carbocycles. The Morgan fingerprint density at radius 3 is 2.97 bits per heavy atom. The minimum atomic E-state index is -0.215. The number of aliphatic imine (C=N–C) groups is 1. The molecular weight excluding hydrogens is 436 g/mol. The van der Waals surface area contributed by atoms with Gasteiger partial charge in [-0.05, 0) is 20.8 Å². The molecule has 1 saturated heterocycles. The van der Waals surface area contributed by atoms with Gasteiger partial charge in [0.15, 0.2) is 5.69 Å². The molecule has 8 nitrogen and oxygen atoms in total. The molecule has 0 bridgehead atoms. The van der Waals surface area contributed by atoms with Crippen LogP contribution in [0.1, 0.15) is 24.5 Å². The van der Waals surface area contributed by atoms with Gasteiger partial charge in [0.2, 0.25) is 5.58 Å². The van der Waals surface area contributed by atoms with Gasteiger partial charge in [-0.1, -0.05) is 16.8 Å². The number of thiazole rings is 1. The Morgan fingerprint density at radius 1 is 1.35 bits per heavy atom. The summed E-state index contributed by atoms with van der Waals surface area (Å²) in [7, 11) is 0. The lowest BCUT2D eigenvalue weighted by atomic mass is 9.70. The van der Waals surface area contributed by atoms with Crippen molar-refractivity contribution in [2.24, 2.45) is 10.4 Å². The van der Waals surface area contributed by atoms with Crippen LogP contribution in [0.2, 0.25) is 5.02 Å². The highest BCUT2D eigenvalue weighted by atomic mass is 35.5. The van der Waals surface area contributed by atoms with Crippen molar-refractivity contribution >= 4 is 45.9 Å². The van der Waals surface area contributed by atoms with Gasteiger partial charge in [-0.25, -0.2) is 9.97 Å². The number of fused-ring (bicyclic) bond motifs is 5. The predicted molar refractivity (Wildman–Crippen MR) is 121 cm³/mol. The van der Waals surface area contributed by atoms with E-state index in [1.54, 1.807) is 11.3 Å². The van der Waals surface area contributed by atoms with Gasteiger partial charge in [-0.15, -0.1) is 11.3 Å². The first kappa shape index (κ1) is 19.6. The normalized spacial score (nSPS) is 30.1. The van der Waals surface area contributed by atoms with Gasteiger partial charge in [0, 0.05) is 37.3 Å². The number of aryl methyl sites for hydroxylation is 1. The highest BCUT2D eigenvalue weighted by Crippen LogP contribution is 2.49.